The molecule has 10 nitrogen and oxygen atoms in total. The summed E-state index contributed by atoms with van der Waals surface area (Å²) in [4.78, 5) is 17.8. The van der Waals surface area contributed by atoms with Crippen molar-refractivity contribution in [2.75, 3.05) is 0 Å². The van der Waals surface area contributed by atoms with Gasteiger partial charge in [-0.25, -0.2) is 0 Å². The maximum absolute atomic E-state index is 5.86. The summed E-state index contributed by atoms with van der Waals surface area (Å²) < 4.78 is 11.7. The molecule has 0 amide bonds. The predicted molar refractivity (Wildman–Crippen MR) is 585 cm³/mol. The number of nitrogens with zero attached hydrogens (tertiary/aromatic N) is 9. The number of rotatable bonds is 18. The number of hydrogen-bond acceptors (Lipinski definition) is 7. The van der Waals surface area contributed by atoms with Crippen LogP contribution in [0.3, 0.4) is 0 Å². The summed E-state index contributed by atoms with van der Waals surface area (Å²) in [7, 11) is 2.05. The van der Waals surface area contributed by atoms with Gasteiger partial charge in [0.2, 0.25) is 0 Å². The van der Waals surface area contributed by atoms with Crippen molar-refractivity contribution < 1.29 is 44.6 Å². The van der Waals surface area contributed by atoms with Crippen molar-refractivity contribution in [3.05, 3.63) is 582 Å². The van der Waals surface area contributed by atoms with Crippen LogP contribution < -0.4 is 0 Å². The van der Waals surface area contributed by atoms with Crippen molar-refractivity contribution >= 4 is 0 Å². The summed E-state index contributed by atoms with van der Waals surface area (Å²) >= 11 is 0. The Morgan fingerprint density at radius 2 is 0.579 bits per heavy atom. The van der Waals surface area contributed by atoms with E-state index >= 15 is 0 Å². The summed E-state index contributed by atoms with van der Waals surface area (Å²) in [6.45, 7) is 4.37. The predicted octanol–water partition coefficient (Wildman–Crippen LogP) is 33.1. The van der Waals surface area contributed by atoms with Gasteiger partial charge in [-0.15, -0.1) is 150 Å². The van der Waals surface area contributed by atoms with E-state index in [1.807, 2.05) is 254 Å². The van der Waals surface area contributed by atoms with E-state index in [4.69, 9.17) is 4.42 Å². The number of aromatic nitrogens is 9. The Balaban J connectivity index is 0.000000119. The first-order valence-electron chi connectivity index (χ1n) is 47.4. The van der Waals surface area contributed by atoms with Crippen molar-refractivity contribution in [3.63, 3.8) is 0 Å². The Hall–Kier alpha value is -17.6. The SMILES string of the molecule is Cc1cc(-c2ccccc2)cc(C)c1-c1cc[c-]c(-c2ccccn2)c1.Cn1c(-c2ccc(-c3ccccc3)cc2)cnc1-c1[c-]cccc1.[Ir+3].[Ir+3].[c-]1ccccc1-c1cc(-c2ccc(-c3ccccc3)cc2)ccn1.[c-]1ccccc1-c1ncc(-c2ccc(-c3ccccc3)cc2)o1.[c-]1ccccc1-n1cc(-c2ccc(-c3ccccc3)cc2)cn1.[c-]1ccccc1-n1cc(-c2ccc(-c3ccccc3)cc2)cn1. The summed E-state index contributed by atoms with van der Waals surface area (Å²) in [5.74, 6) is 2.28. The summed E-state index contributed by atoms with van der Waals surface area (Å²) in [6, 6.07) is 185. The van der Waals surface area contributed by atoms with Crippen LogP contribution in [0.15, 0.2) is 539 Å². The molecule has 0 unspecified atom stereocenters. The van der Waals surface area contributed by atoms with E-state index in [2.05, 4.69) is 376 Å². The Morgan fingerprint density at radius 1 is 0.228 bits per heavy atom. The van der Waals surface area contributed by atoms with Crippen molar-refractivity contribution in [1.82, 2.24) is 44.1 Å². The minimum absolute atomic E-state index is 0. The first-order chi connectivity index (χ1) is 70.6. The Bertz CT molecular complexity index is 7700. The van der Waals surface area contributed by atoms with Gasteiger partial charge in [0, 0.05) is 54.7 Å². The number of hydrogen-bond donors (Lipinski definition) is 0. The smallest absolute Gasteiger partial charge is 0.481 e. The molecule has 6 heterocycles. The van der Waals surface area contributed by atoms with E-state index in [0.717, 1.165) is 101 Å². The second-order valence-electron chi connectivity index (χ2n) is 33.9. The fourth-order valence-electron chi connectivity index (χ4n) is 17.0. The third-order valence-electron chi connectivity index (χ3n) is 24.4. The van der Waals surface area contributed by atoms with Crippen molar-refractivity contribution in [1.29, 1.82) is 0 Å². The third kappa shape index (κ3) is 25.6. The fraction of sp³-hybridized carbons (Fsp3) is 0.0226. The Labute approximate surface area is 875 Å². The van der Waals surface area contributed by atoms with Gasteiger partial charge in [-0.3, -0.25) is 19.3 Å². The number of aryl methyl sites for hydroxylation is 2. The van der Waals surface area contributed by atoms with E-state index in [1.165, 1.54) is 94.6 Å². The molecule has 24 rings (SSSR count). The summed E-state index contributed by atoms with van der Waals surface area (Å²) in [5.41, 5.74) is 37.6. The van der Waals surface area contributed by atoms with Gasteiger partial charge >= 0.3 is 40.2 Å². The average Bonchev–Trinajstić information content (AvgIpc) is 1.77. The topological polar surface area (TPSA) is 105 Å². The molecule has 0 aliphatic carbocycles. The Morgan fingerprint density at radius 3 is 0.986 bits per heavy atom. The molecule has 0 bridgehead atoms. The molecule has 0 aliphatic rings. The third-order valence-corrected chi connectivity index (χ3v) is 24.4. The molecule has 0 aliphatic heterocycles. The fourth-order valence-corrected chi connectivity index (χ4v) is 17.0. The quantitative estimate of drug-likeness (QED) is 0.0788. The number of benzene rings is 18. The largest absolute Gasteiger partial charge is 3.00 e. The molecule has 0 spiro atoms. The van der Waals surface area contributed by atoms with E-state index in [0.29, 0.717) is 5.89 Å². The van der Waals surface area contributed by atoms with Gasteiger partial charge in [0.15, 0.2) is 0 Å². The van der Waals surface area contributed by atoms with Gasteiger partial charge in [0.25, 0.3) is 0 Å². The zero-order valence-corrected chi connectivity index (χ0v) is 84.7. The van der Waals surface area contributed by atoms with Gasteiger partial charge < -0.3 is 19.0 Å². The van der Waals surface area contributed by atoms with Crippen molar-refractivity contribution in [2.45, 2.75) is 13.8 Å². The van der Waals surface area contributed by atoms with Crippen LogP contribution in [-0.2, 0) is 47.3 Å². The van der Waals surface area contributed by atoms with Crippen LogP contribution >= 0.6 is 0 Å². The van der Waals surface area contributed by atoms with Crippen LogP contribution in [0.1, 0.15) is 11.1 Å². The van der Waals surface area contributed by atoms with Gasteiger partial charge in [-0.1, -0.05) is 339 Å². The van der Waals surface area contributed by atoms with E-state index < -0.39 is 0 Å². The monoisotopic (exact) mass is 2220 g/mol. The molecule has 0 saturated carbocycles. The molecule has 0 atom stereocenters. The van der Waals surface area contributed by atoms with Gasteiger partial charge in [-0.2, -0.15) is 58.7 Å². The number of oxazole rings is 1. The standard InChI is InChI=1S/C25H20N.C23H16N.C22H17N2.2C21H15N2.C21H14NO.2Ir/c1-18-15-23(20-9-4-3-5-10-20)16-19(2)25(18)22-12-8-11-21(17-22)24-13-6-7-14-26-24;1-3-7-18(8-4-1)19-11-13-20(14-12-19)22-15-16-24-23(17-22)21-9-5-2-6-10-21;1-24-21(16-23-22(24)20-10-6-3-7-11-20)19-14-12-18(13-15-19)17-8-4-2-5-9-17;2*1-3-7-17(8-4-1)18-11-13-19(14-12-18)20-15-22-23(16-20)21-9-5-2-6-10-21;1-3-7-16(8-4-1)17-11-13-18(14-12-17)20-15-22-21(23-20)19-9-5-2-6-10-19;;/h3-10,12-17H,1-2H3;1-9,11-17H;2-10,12-16H,1H3;2*1-9,11-16H;1-9,11-15H;;/q6*-1;2*+3. The van der Waals surface area contributed by atoms with Gasteiger partial charge in [0.05, 0.1) is 30.1 Å². The summed E-state index contributed by atoms with van der Waals surface area (Å²) in [5, 5.41) is 8.86. The summed E-state index contributed by atoms with van der Waals surface area (Å²) in [6.07, 6.45) is 15.2. The molecule has 0 N–H and O–H groups in total. The molecule has 0 radical (unpaired) electrons. The van der Waals surface area contributed by atoms with E-state index in [1.54, 1.807) is 6.20 Å². The minimum Gasteiger partial charge on any atom is -0.481 e. The van der Waals surface area contributed by atoms with E-state index in [-0.39, 0.29) is 40.2 Å². The molecule has 698 valence electrons. The molecule has 0 fully saturated rings. The number of imidazole rings is 1. The van der Waals surface area contributed by atoms with Crippen LogP contribution in [-0.4, -0.2) is 44.1 Å². The maximum Gasteiger partial charge on any atom is 3.00 e. The van der Waals surface area contributed by atoms with E-state index in [9.17, 15) is 0 Å². The Kier molecular flexibility index (Phi) is 33.8. The minimum atomic E-state index is 0. The zero-order valence-electron chi connectivity index (χ0n) is 79.9. The molecule has 24 aromatic rings. The molecule has 6 aromatic heterocycles. The van der Waals surface area contributed by atoms with Crippen LogP contribution in [0.2, 0.25) is 0 Å². The first-order valence-corrected chi connectivity index (χ1v) is 47.4. The van der Waals surface area contributed by atoms with Crippen LogP contribution in [0.25, 0.3) is 191 Å². The average molecular weight is 2220 g/mol. The molecule has 18 aromatic carbocycles. The first kappa shape index (κ1) is 99.0. The van der Waals surface area contributed by atoms with Gasteiger partial charge in [0.1, 0.15) is 11.7 Å². The molecule has 0 saturated heterocycles. The second kappa shape index (κ2) is 49.5. The normalized spacial score (nSPS) is 10.5. The molecular weight excluding hydrogens is 2120 g/mol. The molecule has 12 heteroatoms. The van der Waals surface area contributed by atoms with Crippen molar-refractivity contribution in [3.8, 4) is 191 Å². The molecular formula is C133H97Ir2N9O. The number of para-hydroxylation sites is 2. The maximum atomic E-state index is 5.86. The second-order valence-corrected chi connectivity index (χ2v) is 33.9. The van der Waals surface area contributed by atoms with Gasteiger partial charge in [-0.05, 0) is 160 Å². The van der Waals surface area contributed by atoms with Crippen LogP contribution in [0, 0.1) is 50.2 Å². The van der Waals surface area contributed by atoms with Crippen LogP contribution in [0.4, 0.5) is 0 Å². The zero-order chi connectivity index (χ0) is 96.9. The molecule has 145 heavy (non-hydrogen) atoms. The number of pyridine rings is 2. The van der Waals surface area contributed by atoms with Crippen LogP contribution in [0.5, 0.6) is 0 Å². The van der Waals surface area contributed by atoms with Crippen molar-refractivity contribution in [2.24, 2.45) is 7.05 Å².